The van der Waals surface area contributed by atoms with Gasteiger partial charge < -0.3 is 14.5 Å². The first-order chi connectivity index (χ1) is 42.3. The van der Waals surface area contributed by atoms with Crippen LogP contribution in [0.25, 0.3) is 37.9 Å². The number of hydrogen-bond donors (Lipinski definition) is 0. The van der Waals surface area contributed by atoms with Crippen LogP contribution in [0.2, 0.25) is 0 Å². The molecule has 17 rings (SSSR count). The van der Waals surface area contributed by atoms with Gasteiger partial charge in [-0.15, -0.1) is 11.3 Å². The fourth-order valence-electron chi connectivity index (χ4n) is 16.2. The molecule has 11 aromatic carbocycles. The van der Waals surface area contributed by atoms with E-state index in [-0.39, 0.29) is 11.8 Å². The molecule has 3 heterocycles. The number of thiophene rings is 1. The zero-order valence-electron chi connectivity index (χ0n) is 48.2. The van der Waals surface area contributed by atoms with Gasteiger partial charge in [0.25, 0.3) is 0 Å². The van der Waals surface area contributed by atoms with E-state index >= 15 is 0 Å². The van der Waals surface area contributed by atoms with Crippen molar-refractivity contribution in [3.63, 3.8) is 0 Å². The fourth-order valence-corrected chi connectivity index (χ4v) is 17.7. The van der Waals surface area contributed by atoms with Gasteiger partial charge in [-0.25, -0.2) is 0 Å². The number of fused-ring (bicyclic) bond motifs is 19. The van der Waals surface area contributed by atoms with Gasteiger partial charge in [-0.3, -0.25) is 0 Å². The Labute approximate surface area is 507 Å². The fraction of sp³-hybridized carbons (Fsp3) is 0.0976. The van der Waals surface area contributed by atoms with Crippen molar-refractivity contribution in [3.8, 4) is 33.8 Å². The summed E-state index contributed by atoms with van der Waals surface area (Å²) in [6, 6.07) is 99.2. The van der Waals surface area contributed by atoms with E-state index in [9.17, 15) is 0 Å². The number of ether oxygens (including phenoxy) is 1. The molecule has 0 N–H and O–H groups in total. The molecule has 3 nitrogen and oxygen atoms in total. The highest BCUT2D eigenvalue weighted by molar-refractivity contribution is 7.20. The lowest BCUT2D eigenvalue weighted by atomic mass is 9.65. The van der Waals surface area contributed by atoms with Crippen LogP contribution >= 0.6 is 11.3 Å². The van der Waals surface area contributed by atoms with E-state index in [1.807, 2.05) is 11.3 Å². The maximum absolute atomic E-state index is 7.66. The summed E-state index contributed by atoms with van der Waals surface area (Å²) in [5.74, 6) is 1.85. The van der Waals surface area contributed by atoms with Gasteiger partial charge in [0.05, 0.1) is 32.4 Å². The molecule has 2 bridgehead atoms. The Bertz CT molecular complexity index is 4710. The third kappa shape index (κ3) is 6.85. The summed E-state index contributed by atoms with van der Waals surface area (Å²) in [6.45, 7) is 12.4. The second kappa shape index (κ2) is 19.0. The molecule has 86 heavy (non-hydrogen) atoms. The summed E-state index contributed by atoms with van der Waals surface area (Å²) >= 11 is 1.96. The van der Waals surface area contributed by atoms with Gasteiger partial charge >= 0.3 is 0 Å². The van der Waals surface area contributed by atoms with E-state index in [1.54, 1.807) is 0 Å². The summed E-state index contributed by atoms with van der Waals surface area (Å²) in [7, 11) is 0. The predicted octanol–water partition coefficient (Wildman–Crippen LogP) is 21.5. The van der Waals surface area contributed by atoms with E-state index in [0.29, 0.717) is 0 Å². The number of anilines is 5. The van der Waals surface area contributed by atoms with Crippen molar-refractivity contribution in [2.45, 2.75) is 43.1 Å². The zero-order chi connectivity index (χ0) is 57.5. The molecule has 0 radical (unpaired) electrons. The van der Waals surface area contributed by atoms with Crippen LogP contribution in [0.4, 0.5) is 28.4 Å². The highest BCUT2D eigenvalue weighted by Crippen LogP contribution is 2.66. The molecule has 0 saturated carbocycles. The maximum Gasteiger partial charge on any atom is 0.142 e. The van der Waals surface area contributed by atoms with E-state index in [1.165, 1.54) is 81.7 Å². The van der Waals surface area contributed by atoms with Crippen LogP contribution in [0.3, 0.4) is 0 Å². The Balaban J connectivity index is 0.992. The highest BCUT2D eigenvalue weighted by atomic mass is 32.1. The minimum Gasteiger partial charge on any atom is -0.456 e. The van der Waals surface area contributed by atoms with E-state index in [4.69, 9.17) is 11.3 Å². The smallest absolute Gasteiger partial charge is 0.142 e. The molecule has 1 aromatic heterocycles. The summed E-state index contributed by atoms with van der Waals surface area (Å²) in [5.41, 5.74) is 22.7. The molecular formula is C82H60N2OS. The number of allylic oxidation sites excluding steroid dienone is 4. The summed E-state index contributed by atoms with van der Waals surface area (Å²) in [5, 5.41) is 1.24. The Hall–Kier alpha value is -10.0. The van der Waals surface area contributed by atoms with E-state index in [0.717, 1.165) is 62.2 Å². The molecule has 3 unspecified atom stereocenters. The third-order valence-electron chi connectivity index (χ3n) is 19.7. The minimum atomic E-state index is -0.804. The molecule has 0 saturated heterocycles. The lowest BCUT2D eigenvalue weighted by Crippen LogP contribution is -2.43. The van der Waals surface area contributed by atoms with Crippen molar-refractivity contribution in [3.05, 3.63) is 358 Å². The monoisotopic (exact) mass is 1120 g/mol. The van der Waals surface area contributed by atoms with Crippen molar-refractivity contribution in [1.82, 2.24) is 0 Å². The molecule has 1 spiro atoms. The molecule has 5 aliphatic rings. The standard InChI is InChI=1S/C82H60N2OS/c1-52-46-47-53(2)75-72(49-48-71-77(75)85-74-45-23-22-43-70(74)82(71)68-41-20-16-36-62(68)63-37-17-21-42-69(63)82)84(59-33-24-28-56(50-59)81(55-26-8-5-9-27-55)66-39-18-14-34-60(66)61-35-15-19-40-67(61)81)80(4)51-65(52)54(3)78-76(80)64-38-25-44-73(79(64)86-78)83(57-29-10-6-11-30-57)58-31-12-7-13-32-58/h5-52,54H,2H2,1,3-4H3/b47-46-. The van der Waals surface area contributed by atoms with Crippen LogP contribution < -0.4 is 14.5 Å². The van der Waals surface area contributed by atoms with Crippen LogP contribution in [0, 0.1) is 5.92 Å². The molecule has 3 atom stereocenters. The van der Waals surface area contributed by atoms with E-state index < -0.39 is 16.4 Å². The molecule has 4 heteroatoms. The van der Waals surface area contributed by atoms with Crippen LogP contribution in [-0.4, -0.2) is 0 Å². The summed E-state index contributed by atoms with van der Waals surface area (Å²) in [6.07, 6.45) is 7.33. The normalized spacial score (nSPS) is 18.9. The molecule has 3 aliphatic carbocycles. The summed E-state index contributed by atoms with van der Waals surface area (Å²) in [4.78, 5) is 6.51. The molecule has 0 amide bonds. The van der Waals surface area contributed by atoms with Crippen LogP contribution in [0.1, 0.15) is 87.2 Å². The van der Waals surface area contributed by atoms with Gasteiger partial charge in [-0.2, -0.15) is 0 Å². The average Bonchev–Trinajstić information content (AvgIpc) is 1.41. The number of benzene rings is 11. The summed E-state index contributed by atoms with van der Waals surface area (Å²) < 4.78 is 8.92. The van der Waals surface area contributed by atoms with Crippen molar-refractivity contribution in [2.75, 3.05) is 9.80 Å². The second-order valence-electron chi connectivity index (χ2n) is 24.1. The van der Waals surface area contributed by atoms with Crippen LogP contribution in [0.15, 0.2) is 297 Å². The predicted molar refractivity (Wildman–Crippen MR) is 357 cm³/mol. The first kappa shape index (κ1) is 50.5. The van der Waals surface area contributed by atoms with Gasteiger partial charge in [0.2, 0.25) is 0 Å². The Morgan fingerprint density at radius 2 is 1.02 bits per heavy atom. The van der Waals surface area contributed by atoms with Gasteiger partial charge in [-0.05, 0) is 129 Å². The molecule has 12 aromatic rings. The Morgan fingerprint density at radius 3 is 1.64 bits per heavy atom. The third-order valence-corrected chi connectivity index (χ3v) is 21.1. The highest BCUT2D eigenvalue weighted by Gasteiger charge is 2.54. The maximum atomic E-state index is 7.66. The number of para-hydroxylation sites is 3. The van der Waals surface area contributed by atoms with Crippen molar-refractivity contribution in [1.29, 1.82) is 0 Å². The van der Waals surface area contributed by atoms with Crippen molar-refractivity contribution < 1.29 is 4.74 Å². The topological polar surface area (TPSA) is 15.7 Å². The lowest BCUT2D eigenvalue weighted by Gasteiger charge is -2.48. The number of hydrogen-bond acceptors (Lipinski definition) is 4. The SMILES string of the molecule is C=C1/C=C\C(C)C2=CC(C)(c3c(sc4c(N(c5ccccc5)c5ccccc5)cccc34)C2C)N(c2cccc(C3(c4ccccc4)c4ccccc4-c4ccccc43)c2)c2ccc3c(c21)Oc1ccccc1C31c2ccccc2-c2ccccc21. The van der Waals surface area contributed by atoms with Crippen molar-refractivity contribution >= 4 is 55.4 Å². The molecule has 2 aliphatic heterocycles. The zero-order valence-corrected chi connectivity index (χ0v) is 49.0. The first-order valence-electron chi connectivity index (χ1n) is 30.2. The van der Waals surface area contributed by atoms with Crippen LogP contribution in [-0.2, 0) is 16.4 Å². The largest absolute Gasteiger partial charge is 0.456 e. The van der Waals surface area contributed by atoms with Crippen LogP contribution in [0.5, 0.6) is 11.5 Å². The first-order valence-corrected chi connectivity index (χ1v) is 31.0. The number of rotatable bonds is 6. The van der Waals surface area contributed by atoms with Gasteiger partial charge in [0.1, 0.15) is 11.5 Å². The Morgan fingerprint density at radius 1 is 0.500 bits per heavy atom. The van der Waals surface area contributed by atoms with E-state index in [2.05, 4.69) is 316 Å². The minimum absolute atomic E-state index is 0.0627. The van der Waals surface area contributed by atoms with Crippen molar-refractivity contribution in [2.24, 2.45) is 5.92 Å². The molecule has 410 valence electrons. The molecule has 0 fully saturated rings. The molecular weight excluding hydrogens is 1060 g/mol. The van der Waals surface area contributed by atoms with Gasteiger partial charge in [0, 0.05) is 55.5 Å². The van der Waals surface area contributed by atoms with Gasteiger partial charge in [-0.1, -0.05) is 257 Å². The number of nitrogens with zero attached hydrogens (tertiary/aromatic N) is 2. The Kier molecular flexibility index (Phi) is 11.2. The average molecular weight is 1120 g/mol. The van der Waals surface area contributed by atoms with Gasteiger partial charge in [0.15, 0.2) is 0 Å². The quantitative estimate of drug-likeness (QED) is 0.154. The lowest BCUT2D eigenvalue weighted by molar-refractivity contribution is 0.434. The second-order valence-corrected chi connectivity index (χ2v) is 25.1.